The number of Topliss-reactive ketones (excluding diaryl/α,β-unsaturated/α-hetero) is 1. The summed E-state index contributed by atoms with van der Waals surface area (Å²) in [6.45, 7) is 12.3. The highest BCUT2D eigenvalue weighted by atomic mass is 32.2. The number of benzene rings is 2. The van der Waals surface area contributed by atoms with Gasteiger partial charge in [-0.05, 0) is 50.2 Å². The van der Waals surface area contributed by atoms with Crippen molar-refractivity contribution in [3.8, 4) is 0 Å². The number of anilines is 2. The molecule has 0 amide bonds. The van der Waals surface area contributed by atoms with Crippen molar-refractivity contribution in [1.82, 2.24) is 9.80 Å². The summed E-state index contributed by atoms with van der Waals surface area (Å²) in [7, 11) is 0. The van der Waals surface area contributed by atoms with Crippen LogP contribution in [0.4, 0.5) is 11.4 Å². The summed E-state index contributed by atoms with van der Waals surface area (Å²) >= 11 is 1.81. The molecule has 0 spiro atoms. The Morgan fingerprint density at radius 2 is 1.57 bits per heavy atom. The van der Waals surface area contributed by atoms with Gasteiger partial charge in [0.1, 0.15) is 0 Å². The molecule has 2 aromatic carbocycles. The van der Waals surface area contributed by atoms with Gasteiger partial charge >= 0.3 is 0 Å². The van der Waals surface area contributed by atoms with E-state index in [0.29, 0.717) is 6.42 Å². The number of carbonyl (C=O) groups is 1. The van der Waals surface area contributed by atoms with E-state index in [-0.39, 0.29) is 5.78 Å². The number of piperazine rings is 1. The molecule has 0 unspecified atom stereocenters. The number of carbonyl (C=O) groups excluding carboxylic acids is 1. The van der Waals surface area contributed by atoms with Gasteiger partial charge in [0.15, 0.2) is 5.78 Å². The average Bonchev–Trinajstić information content (AvgIpc) is 2.79. The zero-order valence-electron chi connectivity index (χ0n) is 18.3. The third-order valence-electron chi connectivity index (χ3n) is 6.13. The predicted molar refractivity (Wildman–Crippen MR) is 126 cm³/mol. The van der Waals surface area contributed by atoms with Crippen LogP contribution in [0.3, 0.4) is 0 Å². The second-order valence-electron chi connectivity index (χ2n) is 8.22. The molecular formula is C25H33N3OS. The molecule has 1 fully saturated rings. The minimum Gasteiger partial charge on any atom is -0.340 e. The van der Waals surface area contributed by atoms with Gasteiger partial charge in [0.05, 0.1) is 11.4 Å². The van der Waals surface area contributed by atoms with Crippen LogP contribution in [0.2, 0.25) is 0 Å². The van der Waals surface area contributed by atoms with Crippen LogP contribution in [0, 0.1) is 0 Å². The lowest BCUT2D eigenvalue weighted by Crippen LogP contribution is -2.47. The number of rotatable bonds is 8. The Kier molecular flexibility index (Phi) is 7.13. The standard InChI is InChI=1S/C25H33N3OS/c1-3-12-26-15-17-27(18-16-26)13-7-14-28-21-8-5-6-9-24(21)30-25-11-10-20(19-22(25)28)23(29)4-2/h5-6,8-11,19H,3-4,7,12-18H2,1-2H3. The molecule has 0 radical (unpaired) electrons. The summed E-state index contributed by atoms with van der Waals surface area (Å²) in [4.78, 5) is 22.5. The topological polar surface area (TPSA) is 26.8 Å². The van der Waals surface area contributed by atoms with E-state index in [4.69, 9.17) is 0 Å². The summed E-state index contributed by atoms with van der Waals surface area (Å²) in [5, 5.41) is 0. The summed E-state index contributed by atoms with van der Waals surface area (Å²) in [5.41, 5.74) is 3.28. The third kappa shape index (κ3) is 4.74. The molecule has 4 nitrogen and oxygen atoms in total. The molecule has 2 aliphatic rings. The molecule has 0 aromatic heterocycles. The number of para-hydroxylation sites is 1. The second-order valence-corrected chi connectivity index (χ2v) is 9.30. The Bertz CT molecular complexity index is 876. The maximum Gasteiger partial charge on any atom is 0.162 e. The molecule has 4 rings (SSSR count). The first-order valence-electron chi connectivity index (χ1n) is 11.4. The summed E-state index contributed by atoms with van der Waals surface area (Å²) in [6.07, 6.45) is 2.92. The first-order chi connectivity index (χ1) is 14.7. The Balaban J connectivity index is 1.46. The van der Waals surface area contributed by atoms with Crippen LogP contribution in [0.1, 0.15) is 43.5 Å². The van der Waals surface area contributed by atoms with Gasteiger partial charge in [-0.2, -0.15) is 0 Å². The van der Waals surface area contributed by atoms with Crippen LogP contribution in [0.15, 0.2) is 52.3 Å². The van der Waals surface area contributed by atoms with Gasteiger partial charge in [0.25, 0.3) is 0 Å². The van der Waals surface area contributed by atoms with Gasteiger partial charge in [-0.1, -0.05) is 43.8 Å². The SMILES string of the molecule is CCCN1CCN(CCCN2c3ccccc3Sc3ccc(C(=O)CC)cc32)CC1. The van der Waals surface area contributed by atoms with E-state index >= 15 is 0 Å². The van der Waals surface area contributed by atoms with Crippen molar-refractivity contribution >= 4 is 28.9 Å². The molecule has 5 heteroatoms. The molecule has 0 atom stereocenters. The van der Waals surface area contributed by atoms with Gasteiger partial charge in [-0.3, -0.25) is 4.79 Å². The molecule has 0 bridgehead atoms. The molecule has 0 N–H and O–H groups in total. The van der Waals surface area contributed by atoms with Gasteiger partial charge in [-0.15, -0.1) is 0 Å². The van der Waals surface area contributed by atoms with E-state index in [1.807, 2.05) is 24.8 Å². The summed E-state index contributed by atoms with van der Waals surface area (Å²) in [6, 6.07) is 14.9. The van der Waals surface area contributed by atoms with Crippen molar-refractivity contribution in [3.63, 3.8) is 0 Å². The second kappa shape index (κ2) is 9.99. The van der Waals surface area contributed by atoms with Gasteiger partial charge in [0, 0.05) is 54.5 Å². The molecule has 1 saturated heterocycles. The fraction of sp³-hybridized carbons (Fsp3) is 0.480. The van der Waals surface area contributed by atoms with Gasteiger partial charge < -0.3 is 14.7 Å². The van der Waals surface area contributed by atoms with Crippen molar-refractivity contribution in [3.05, 3.63) is 48.0 Å². The minimum absolute atomic E-state index is 0.214. The molecule has 30 heavy (non-hydrogen) atoms. The molecular weight excluding hydrogens is 390 g/mol. The van der Waals surface area contributed by atoms with E-state index in [1.54, 1.807) is 0 Å². The fourth-order valence-corrected chi connectivity index (χ4v) is 5.53. The molecule has 2 heterocycles. The predicted octanol–water partition coefficient (Wildman–Crippen LogP) is 5.30. The van der Waals surface area contributed by atoms with Gasteiger partial charge in [-0.25, -0.2) is 0 Å². The zero-order chi connectivity index (χ0) is 20.9. The lowest BCUT2D eigenvalue weighted by molar-refractivity contribution is 0.0988. The maximum absolute atomic E-state index is 12.3. The highest BCUT2D eigenvalue weighted by molar-refractivity contribution is 7.99. The van der Waals surface area contributed by atoms with Crippen LogP contribution in [0.25, 0.3) is 0 Å². The maximum atomic E-state index is 12.3. The molecule has 160 valence electrons. The Hall–Kier alpha value is -1.82. The number of ketones is 1. The minimum atomic E-state index is 0.214. The Morgan fingerprint density at radius 1 is 0.867 bits per heavy atom. The lowest BCUT2D eigenvalue weighted by Gasteiger charge is -2.36. The van der Waals surface area contributed by atoms with Crippen molar-refractivity contribution < 1.29 is 4.79 Å². The summed E-state index contributed by atoms with van der Waals surface area (Å²) in [5.74, 6) is 0.214. The van der Waals surface area contributed by atoms with Crippen molar-refractivity contribution in [2.45, 2.75) is 42.9 Å². The molecule has 2 aliphatic heterocycles. The van der Waals surface area contributed by atoms with Crippen LogP contribution in [-0.2, 0) is 0 Å². The van der Waals surface area contributed by atoms with Crippen LogP contribution in [0.5, 0.6) is 0 Å². The van der Waals surface area contributed by atoms with Crippen molar-refractivity contribution in [1.29, 1.82) is 0 Å². The monoisotopic (exact) mass is 423 g/mol. The average molecular weight is 424 g/mol. The van der Waals surface area contributed by atoms with E-state index in [9.17, 15) is 4.79 Å². The third-order valence-corrected chi connectivity index (χ3v) is 7.26. The van der Waals surface area contributed by atoms with Crippen molar-refractivity contribution in [2.24, 2.45) is 0 Å². The van der Waals surface area contributed by atoms with Crippen LogP contribution in [-0.4, -0.2) is 61.4 Å². The number of hydrogen-bond donors (Lipinski definition) is 0. The van der Waals surface area contributed by atoms with E-state index < -0.39 is 0 Å². The fourth-order valence-electron chi connectivity index (χ4n) is 4.45. The molecule has 0 aliphatic carbocycles. The number of hydrogen-bond acceptors (Lipinski definition) is 5. The first kappa shape index (κ1) is 21.4. The Morgan fingerprint density at radius 3 is 2.30 bits per heavy atom. The van der Waals surface area contributed by atoms with E-state index in [0.717, 1.165) is 25.1 Å². The van der Waals surface area contributed by atoms with Crippen molar-refractivity contribution in [2.75, 3.05) is 50.7 Å². The lowest BCUT2D eigenvalue weighted by atomic mass is 10.1. The normalized spacial score (nSPS) is 16.9. The highest BCUT2D eigenvalue weighted by Gasteiger charge is 2.24. The number of nitrogens with zero attached hydrogens (tertiary/aromatic N) is 3. The smallest absolute Gasteiger partial charge is 0.162 e. The summed E-state index contributed by atoms with van der Waals surface area (Å²) < 4.78 is 0. The molecule has 0 saturated carbocycles. The van der Waals surface area contributed by atoms with E-state index in [2.05, 4.69) is 58.0 Å². The number of fused-ring (bicyclic) bond motifs is 2. The Labute approximate surface area is 185 Å². The highest BCUT2D eigenvalue weighted by Crippen LogP contribution is 2.48. The van der Waals surface area contributed by atoms with E-state index in [1.165, 1.54) is 60.3 Å². The first-order valence-corrected chi connectivity index (χ1v) is 12.2. The zero-order valence-corrected chi connectivity index (χ0v) is 19.1. The largest absolute Gasteiger partial charge is 0.340 e. The molecule has 2 aromatic rings. The quantitative estimate of drug-likeness (QED) is 0.537. The van der Waals surface area contributed by atoms with Crippen LogP contribution < -0.4 is 4.90 Å². The van der Waals surface area contributed by atoms with Gasteiger partial charge in [0.2, 0.25) is 0 Å². The van der Waals surface area contributed by atoms with Crippen LogP contribution >= 0.6 is 11.8 Å².